The molecule has 2 aliphatic rings. The lowest BCUT2D eigenvalue weighted by Gasteiger charge is -2.36. The molecule has 1 fully saturated rings. The molecular formula is C27H18IN3O. The first kappa shape index (κ1) is 20.5. The molecule has 5 rings (SSSR count). The minimum Gasteiger partial charge on any atom is -0.346 e. The Kier molecular flexibility index (Phi) is 5.07. The normalized spacial score (nSPS) is 25.3. The lowest BCUT2D eigenvalue weighted by molar-refractivity contribution is 0.0842. The highest BCUT2D eigenvalue weighted by Gasteiger charge is 2.64. The van der Waals surface area contributed by atoms with Gasteiger partial charge in [0, 0.05) is 20.7 Å². The van der Waals surface area contributed by atoms with Crippen molar-refractivity contribution < 1.29 is 4.79 Å². The van der Waals surface area contributed by atoms with Crippen LogP contribution in [0.25, 0.3) is 6.08 Å². The molecule has 0 aliphatic carbocycles. The third kappa shape index (κ3) is 2.89. The summed E-state index contributed by atoms with van der Waals surface area (Å²) >= 11 is 2.26. The van der Waals surface area contributed by atoms with Crippen LogP contribution in [-0.4, -0.2) is 17.9 Å². The molecule has 3 aromatic rings. The molecule has 0 bridgehead atoms. The van der Waals surface area contributed by atoms with Gasteiger partial charge in [-0.15, -0.1) is 0 Å². The number of rotatable bonds is 3. The predicted molar refractivity (Wildman–Crippen MR) is 132 cm³/mol. The quantitative estimate of drug-likeness (QED) is 0.330. The van der Waals surface area contributed by atoms with E-state index in [9.17, 15) is 15.3 Å². The van der Waals surface area contributed by atoms with E-state index in [1.807, 2.05) is 65.6 Å². The smallest absolute Gasteiger partial charge is 0.186 e. The van der Waals surface area contributed by atoms with Crippen LogP contribution in [0.3, 0.4) is 0 Å². The van der Waals surface area contributed by atoms with Gasteiger partial charge in [0.1, 0.15) is 6.04 Å². The Labute approximate surface area is 200 Å². The average molecular weight is 527 g/mol. The van der Waals surface area contributed by atoms with Crippen LogP contribution < -0.4 is 4.90 Å². The third-order valence-electron chi connectivity index (χ3n) is 6.49. The molecule has 0 spiro atoms. The average Bonchev–Trinajstić information content (AvgIpc) is 3.15. The maximum atomic E-state index is 14.1. The van der Waals surface area contributed by atoms with Crippen molar-refractivity contribution in [3.63, 3.8) is 0 Å². The van der Waals surface area contributed by atoms with Crippen LogP contribution in [0.2, 0.25) is 0 Å². The van der Waals surface area contributed by atoms with Gasteiger partial charge in [-0.1, -0.05) is 72.8 Å². The summed E-state index contributed by atoms with van der Waals surface area (Å²) in [5.74, 6) is -0.855. The van der Waals surface area contributed by atoms with Gasteiger partial charge < -0.3 is 4.90 Å². The molecule has 4 atom stereocenters. The second-order valence-corrected chi connectivity index (χ2v) is 9.30. The van der Waals surface area contributed by atoms with E-state index in [-0.39, 0.29) is 5.78 Å². The van der Waals surface area contributed by atoms with Crippen LogP contribution in [0.4, 0.5) is 5.69 Å². The molecule has 0 aromatic heterocycles. The van der Waals surface area contributed by atoms with E-state index >= 15 is 0 Å². The van der Waals surface area contributed by atoms with Gasteiger partial charge >= 0.3 is 0 Å². The number of nitrogens with zero attached hydrogens (tertiary/aromatic N) is 3. The zero-order valence-electron chi connectivity index (χ0n) is 17.0. The van der Waals surface area contributed by atoms with Crippen LogP contribution in [0.1, 0.15) is 27.4 Å². The van der Waals surface area contributed by atoms with Crippen molar-refractivity contribution in [1.82, 2.24) is 0 Å². The van der Waals surface area contributed by atoms with E-state index in [2.05, 4.69) is 40.8 Å². The molecule has 154 valence electrons. The molecule has 0 radical (unpaired) electrons. The molecule has 4 unspecified atom stereocenters. The van der Waals surface area contributed by atoms with E-state index in [4.69, 9.17) is 0 Å². The zero-order valence-corrected chi connectivity index (χ0v) is 19.2. The van der Waals surface area contributed by atoms with Crippen molar-refractivity contribution >= 4 is 40.1 Å². The van der Waals surface area contributed by atoms with Gasteiger partial charge in [0.25, 0.3) is 0 Å². The molecule has 2 heterocycles. The number of halogens is 1. The fraction of sp³-hybridized carbons (Fsp3) is 0.148. The van der Waals surface area contributed by atoms with E-state index < -0.39 is 23.4 Å². The summed E-state index contributed by atoms with van der Waals surface area (Å²) in [5.41, 5.74) is 1.72. The van der Waals surface area contributed by atoms with Crippen molar-refractivity contribution in [2.24, 2.45) is 5.41 Å². The Bertz CT molecular complexity index is 1310. The largest absolute Gasteiger partial charge is 0.346 e. The Morgan fingerprint density at radius 1 is 0.969 bits per heavy atom. The second-order valence-electron chi connectivity index (χ2n) is 8.05. The minimum atomic E-state index is -1.44. The van der Waals surface area contributed by atoms with Gasteiger partial charge in [0.2, 0.25) is 0 Å². The molecule has 0 amide bonds. The van der Waals surface area contributed by atoms with Gasteiger partial charge in [0.15, 0.2) is 11.2 Å². The van der Waals surface area contributed by atoms with Crippen molar-refractivity contribution in [2.45, 2.75) is 18.0 Å². The Morgan fingerprint density at radius 2 is 1.66 bits per heavy atom. The van der Waals surface area contributed by atoms with Crippen LogP contribution in [-0.2, 0) is 0 Å². The Morgan fingerprint density at radius 3 is 2.31 bits per heavy atom. The maximum absolute atomic E-state index is 14.1. The molecule has 4 nitrogen and oxygen atoms in total. The van der Waals surface area contributed by atoms with E-state index in [1.165, 1.54) is 0 Å². The number of ketones is 1. The van der Waals surface area contributed by atoms with Gasteiger partial charge in [-0.2, -0.15) is 10.5 Å². The summed E-state index contributed by atoms with van der Waals surface area (Å²) in [6.07, 6.45) is 3.90. The summed E-state index contributed by atoms with van der Waals surface area (Å²) in [6.45, 7) is 0. The number of hydrogen-bond acceptors (Lipinski definition) is 4. The van der Waals surface area contributed by atoms with Crippen molar-refractivity contribution in [1.29, 1.82) is 10.5 Å². The molecule has 0 N–H and O–H groups in total. The lowest BCUT2D eigenvalue weighted by Crippen LogP contribution is -2.45. The van der Waals surface area contributed by atoms with Crippen LogP contribution in [0.5, 0.6) is 0 Å². The number of Topliss-reactive ketones (excluding diaryl/α,β-unsaturated/α-hetero) is 1. The third-order valence-corrected chi connectivity index (χ3v) is 7.16. The summed E-state index contributed by atoms with van der Waals surface area (Å²) < 4.78 is 1.09. The van der Waals surface area contributed by atoms with Crippen LogP contribution >= 0.6 is 22.6 Å². The highest BCUT2D eigenvalue weighted by molar-refractivity contribution is 14.1. The molecule has 1 saturated heterocycles. The maximum Gasteiger partial charge on any atom is 0.186 e. The van der Waals surface area contributed by atoms with Gasteiger partial charge in [-0.3, -0.25) is 4.79 Å². The monoisotopic (exact) mass is 527 g/mol. The lowest BCUT2D eigenvalue weighted by atomic mass is 9.65. The number of hydrogen-bond donors (Lipinski definition) is 0. The summed E-state index contributed by atoms with van der Waals surface area (Å²) in [4.78, 5) is 16.1. The fourth-order valence-corrected chi connectivity index (χ4v) is 5.67. The first-order valence-corrected chi connectivity index (χ1v) is 11.4. The number of nitriles is 2. The number of anilines is 1. The Hall–Kier alpha value is -3.42. The molecule has 0 saturated carbocycles. The van der Waals surface area contributed by atoms with E-state index in [0.717, 1.165) is 20.4 Å². The van der Waals surface area contributed by atoms with Gasteiger partial charge in [0.05, 0.1) is 18.2 Å². The molecular weight excluding hydrogens is 509 g/mol. The Balaban J connectivity index is 1.79. The van der Waals surface area contributed by atoms with Crippen LogP contribution in [0.15, 0.2) is 84.9 Å². The summed E-state index contributed by atoms with van der Waals surface area (Å²) in [7, 11) is 0. The highest BCUT2D eigenvalue weighted by atomic mass is 127. The summed E-state index contributed by atoms with van der Waals surface area (Å²) in [5, 5.41) is 21.0. The summed E-state index contributed by atoms with van der Waals surface area (Å²) in [6, 6.07) is 28.2. The van der Waals surface area contributed by atoms with Crippen molar-refractivity contribution in [3.05, 3.63) is 105 Å². The van der Waals surface area contributed by atoms with Gasteiger partial charge in [-0.05, 0) is 51.9 Å². The number of carbonyl (C=O) groups excluding carboxylic acids is 1. The fourth-order valence-electron chi connectivity index (χ4n) is 5.15. The number of carbonyl (C=O) groups is 1. The molecule has 2 aliphatic heterocycles. The first-order valence-electron chi connectivity index (χ1n) is 10.3. The topological polar surface area (TPSA) is 67.9 Å². The van der Waals surface area contributed by atoms with Crippen molar-refractivity contribution in [2.75, 3.05) is 4.90 Å². The SMILES string of the molecule is N#CC1C(c2ccccc2)C(C#N)(C(=O)c2ccccc2)C2C=Cc3cc(I)ccc3N12. The van der Waals surface area contributed by atoms with Gasteiger partial charge in [-0.25, -0.2) is 0 Å². The standard InChI is InChI=1S/C27H18IN3O/c28-21-12-13-22-20(15-21)11-14-24-27(17-30,26(32)19-9-5-2-6-10-19)25(23(16-29)31(22)24)18-7-3-1-4-8-18/h1-15,23-25H. The molecule has 3 aromatic carbocycles. The molecule has 5 heteroatoms. The second kappa shape index (κ2) is 7.93. The van der Waals surface area contributed by atoms with Crippen molar-refractivity contribution in [3.8, 4) is 12.1 Å². The zero-order chi connectivity index (χ0) is 22.3. The number of benzene rings is 3. The highest BCUT2D eigenvalue weighted by Crippen LogP contribution is 2.56. The first-order chi connectivity index (χ1) is 15.6. The van der Waals surface area contributed by atoms with E-state index in [1.54, 1.807) is 24.3 Å². The van der Waals surface area contributed by atoms with Crippen LogP contribution in [0, 0.1) is 31.6 Å². The molecule has 32 heavy (non-hydrogen) atoms. The number of fused-ring (bicyclic) bond motifs is 3. The minimum absolute atomic E-state index is 0.249. The van der Waals surface area contributed by atoms with E-state index in [0.29, 0.717) is 5.56 Å². The predicted octanol–water partition coefficient (Wildman–Crippen LogP) is 5.58.